The van der Waals surface area contributed by atoms with E-state index in [1.807, 2.05) is 12.3 Å². The Morgan fingerprint density at radius 2 is 2.18 bits per heavy atom. The van der Waals surface area contributed by atoms with Crippen LogP contribution in [0.1, 0.15) is 19.8 Å². The van der Waals surface area contributed by atoms with Gasteiger partial charge in [0.2, 0.25) is 0 Å². The lowest BCUT2D eigenvalue weighted by atomic mass is 9.92. The highest BCUT2D eigenvalue weighted by atomic mass is 16.5. The fourth-order valence-electron chi connectivity index (χ4n) is 2.12. The number of hydrogen-bond donors (Lipinski definition) is 1. The molecule has 1 N–H and O–H groups in total. The molecule has 1 aromatic heterocycles. The Hall–Kier alpha value is -1.13. The first kappa shape index (κ1) is 12.3. The van der Waals surface area contributed by atoms with E-state index in [-0.39, 0.29) is 11.1 Å². The molecule has 4 nitrogen and oxygen atoms in total. The van der Waals surface area contributed by atoms with Crippen molar-refractivity contribution in [3.05, 3.63) is 34.7 Å². The summed E-state index contributed by atoms with van der Waals surface area (Å²) < 4.78 is 7.09. The fraction of sp³-hybridized carbons (Fsp3) is 0.615. The van der Waals surface area contributed by atoms with Gasteiger partial charge in [-0.2, -0.15) is 0 Å². The average Bonchev–Trinajstić information content (AvgIpc) is 2.32. The van der Waals surface area contributed by atoms with Gasteiger partial charge in [0.15, 0.2) is 0 Å². The highest BCUT2D eigenvalue weighted by Gasteiger charge is 2.25. The van der Waals surface area contributed by atoms with Crippen LogP contribution in [0, 0.1) is 0 Å². The third-order valence-corrected chi connectivity index (χ3v) is 3.40. The van der Waals surface area contributed by atoms with Gasteiger partial charge < -0.3 is 14.6 Å². The highest BCUT2D eigenvalue weighted by molar-refractivity contribution is 4.93. The fourth-order valence-corrected chi connectivity index (χ4v) is 2.12. The molecule has 2 heterocycles. The van der Waals surface area contributed by atoms with Gasteiger partial charge in [0.25, 0.3) is 5.56 Å². The minimum atomic E-state index is 0.0615. The number of hydrogen-bond acceptors (Lipinski definition) is 3. The molecular formula is C13H20N2O2. The lowest BCUT2D eigenvalue weighted by molar-refractivity contribution is 0.0451. The topological polar surface area (TPSA) is 43.3 Å². The standard InChI is InChI=1S/C13H20N2O2/c1-13(5-10-17-11-6-13)14-7-9-15-8-3-2-4-12(15)16/h2-4,8,14H,5-7,9-11H2,1H3. The van der Waals surface area contributed by atoms with Crippen LogP contribution in [-0.2, 0) is 11.3 Å². The number of nitrogens with zero attached hydrogens (tertiary/aromatic N) is 1. The Morgan fingerprint density at radius 3 is 2.88 bits per heavy atom. The summed E-state index contributed by atoms with van der Waals surface area (Å²) >= 11 is 0. The van der Waals surface area contributed by atoms with Crippen LogP contribution >= 0.6 is 0 Å². The average molecular weight is 236 g/mol. The minimum absolute atomic E-state index is 0.0615. The second kappa shape index (κ2) is 5.47. The highest BCUT2D eigenvalue weighted by Crippen LogP contribution is 2.19. The van der Waals surface area contributed by atoms with E-state index in [0.717, 1.165) is 39.1 Å². The zero-order valence-electron chi connectivity index (χ0n) is 10.3. The molecule has 0 radical (unpaired) electrons. The third-order valence-electron chi connectivity index (χ3n) is 3.40. The van der Waals surface area contributed by atoms with Crippen LogP contribution in [0.5, 0.6) is 0 Å². The van der Waals surface area contributed by atoms with E-state index in [2.05, 4.69) is 12.2 Å². The summed E-state index contributed by atoms with van der Waals surface area (Å²) in [5.41, 5.74) is 0.225. The molecule has 94 valence electrons. The van der Waals surface area contributed by atoms with Gasteiger partial charge in [0, 0.05) is 44.1 Å². The van der Waals surface area contributed by atoms with Crippen molar-refractivity contribution >= 4 is 0 Å². The van der Waals surface area contributed by atoms with E-state index in [1.165, 1.54) is 0 Å². The number of aromatic nitrogens is 1. The summed E-state index contributed by atoms with van der Waals surface area (Å²) in [6, 6.07) is 5.25. The Kier molecular flexibility index (Phi) is 3.97. The summed E-state index contributed by atoms with van der Waals surface area (Å²) in [6.07, 6.45) is 3.91. The van der Waals surface area contributed by atoms with Gasteiger partial charge in [0.1, 0.15) is 0 Å². The first-order valence-corrected chi connectivity index (χ1v) is 6.18. The summed E-state index contributed by atoms with van der Waals surface area (Å²) in [7, 11) is 0. The molecule has 0 aliphatic carbocycles. The minimum Gasteiger partial charge on any atom is -0.381 e. The first-order valence-electron chi connectivity index (χ1n) is 6.18. The van der Waals surface area contributed by atoms with Gasteiger partial charge in [-0.25, -0.2) is 0 Å². The molecule has 1 aromatic rings. The molecule has 0 aromatic carbocycles. The van der Waals surface area contributed by atoms with Crippen molar-refractivity contribution in [3.63, 3.8) is 0 Å². The number of rotatable bonds is 4. The number of ether oxygens (including phenoxy) is 1. The molecule has 0 amide bonds. The largest absolute Gasteiger partial charge is 0.381 e. The molecule has 0 unspecified atom stereocenters. The number of pyridine rings is 1. The maximum absolute atomic E-state index is 11.5. The summed E-state index contributed by atoms with van der Waals surface area (Å²) in [5, 5.41) is 3.53. The quantitative estimate of drug-likeness (QED) is 0.848. The molecule has 17 heavy (non-hydrogen) atoms. The van der Waals surface area contributed by atoms with Crippen molar-refractivity contribution < 1.29 is 4.74 Å². The normalized spacial score (nSPS) is 19.1. The molecule has 1 saturated heterocycles. The molecule has 0 bridgehead atoms. The molecule has 1 fully saturated rings. The lowest BCUT2D eigenvalue weighted by Crippen LogP contribution is -2.48. The van der Waals surface area contributed by atoms with Crippen molar-refractivity contribution in [2.24, 2.45) is 0 Å². The Labute approximate surface area is 102 Å². The van der Waals surface area contributed by atoms with Crippen molar-refractivity contribution in [2.75, 3.05) is 19.8 Å². The zero-order valence-corrected chi connectivity index (χ0v) is 10.3. The van der Waals surface area contributed by atoms with E-state index < -0.39 is 0 Å². The first-order chi connectivity index (χ1) is 8.20. The lowest BCUT2D eigenvalue weighted by Gasteiger charge is -2.34. The van der Waals surface area contributed by atoms with E-state index in [4.69, 9.17) is 4.74 Å². The van der Waals surface area contributed by atoms with Crippen LogP contribution in [0.15, 0.2) is 29.2 Å². The second-order valence-corrected chi connectivity index (χ2v) is 4.83. The smallest absolute Gasteiger partial charge is 0.250 e. The Bertz CT molecular complexity index is 408. The Balaban J connectivity index is 1.83. The molecule has 0 saturated carbocycles. The zero-order chi connectivity index (χ0) is 12.1. The van der Waals surface area contributed by atoms with Crippen LogP contribution in [0.2, 0.25) is 0 Å². The van der Waals surface area contributed by atoms with Gasteiger partial charge >= 0.3 is 0 Å². The van der Waals surface area contributed by atoms with E-state index in [1.54, 1.807) is 16.7 Å². The molecule has 0 atom stereocenters. The molecule has 2 rings (SSSR count). The Morgan fingerprint density at radius 1 is 1.41 bits per heavy atom. The van der Waals surface area contributed by atoms with Gasteiger partial charge in [-0.15, -0.1) is 0 Å². The van der Waals surface area contributed by atoms with Crippen LogP contribution in [0.3, 0.4) is 0 Å². The van der Waals surface area contributed by atoms with Crippen LogP contribution < -0.4 is 10.9 Å². The van der Waals surface area contributed by atoms with Gasteiger partial charge in [-0.05, 0) is 25.8 Å². The van der Waals surface area contributed by atoms with Crippen molar-refractivity contribution in [2.45, 2.75) is 31.8 Å². The van der Waals surface area contributed by atoms with Gasteiger partial charge in [-0.1, -0.05) is 6.07 Å². The number of nitrogens with one attached hydrogen (secondary N) is 1. The SMILES string of the molecule is CC1(NCCn2ccccc2=O)CCOCC1. The molecule has 0 spiro atoms. The van der Waals surface area contributed by atoms with E-state index in [0.29, 0.717) is 0 Å². The van der Waals surface area contributed by atoms with Crippen LogP contribution in [0.4, 0.5) is 0 Å². The van der Waals surface area contributed by atoms with Crippen molar-refractivity contribution in [1.82, 2.24) is 9.88 Å². The van der Waals surface area contributed by atoms with E-state index >= 15 is 0 Å². The predicted molar refractivity (Wildman–Crippen MR) is 67.2 cm³/mol. The van der Waals surface area contributed by atoms with E-state index in [9.17, 15) is 4.79 Å². The maximum atomic E-state index is 11.5. The van der Waals surface area contributed by atoms with Crippen molar-refractivity contribution in [3.8, 4) is 0 Å². The summed E-state index contributed by atoms with van der Waals surface area (Å²) in [6.45, 7) is 5.42. The molecule has 1 aliphatic heterocycles. The molecular weight excluding hydrogens is 216 g/mol. The third kappa shape index (κ3) is 3.41. The van der Waals surface area contributed by atoms with Crippen LogP contribution in [0.25, 0.3) is 0 Å². The van der Waals surface area contributed by atoms with Gasteiger partial charge in [0.05, 0.1) is 0 Å². The second-order valence-electron chi connectivity index (χ2n) is 4.83. The van der Waals surface area contributed by atoms with Crippen molar-refractivity contribution in [1.29, 1.82) is 0 Å². The summed E-state index contributed by atoms with van der Waals surface area (Å²) in [4.78, 5) is 11.5. The van der Waals surface area contributed by atoms with Crippen LogP contribution in [-0.4, -0.2) is 29.9 Å². The molecule has 1 aliphatic rings. The maximum Gasteiger partial charge on any atom is 0.250 e. The predicted octanol–water partition coefficient (Wildman–Crippen LogP) is 1.01. The van der Waals surface area contributed by atoms with Gasteiger partial charge in [-0.3, -0.25) is 4.79 Å². The molecule has 4 heteroatoms. The monoisotopic (exact) mass is 236 g/mol. The summed E-state index contributed by atoms with van der Waals surface area (Å²) in [5.74, 6) is 0.